The smallest absolute Gasteiger partial charge is 0.224 e. The second kappa shape index (κ2) is 8.04. The van der Waals surface area contributed by atoms with Crippen LogP contribution in [0, 0.1) is 0 Å². The number of nitrogens with one attached hydrogen (secondary N) is 3. The zero-order valence-electron chi connectivity index (χ0n) is 16.4. The Morgan fingerprint density at radius 2 is 2.11 bits per heavy atom. The maximum Gasteiger partial charge on any atom is 0.224 e. The van der Waals surface area contributed by atoms with E-state index in [-0.39, 0.29) is 12.1 Å². The van der Waals surface area contributed by atoms with Gasteiger partial charge in [-0.2, -0.15) is 4.98 Å². The van der Waals surface area contributed by atoms with E-state index in [1.54, 1.807) is 20.4 Å². The van der Waals surface area contributed by atoms with Gasteiger partial charge in [-0.05, 0) is 18.2 Å². The number of nitrogens with zero attached hydrogens (tertiary/aromatic N) is 3. The van der Waals surface area contributed by atoms with Crippen LogP contribution in [0.3, 0.4) is 0 Å². The molecule has 4 rings (SSSR count). The molecule has 3 N–H and O–H groups in total. The Bertz CT molecular complexity index is 943. The zero-order chi connectivity index (χ0) is 19.5. The first-order valence-electron chi connectivity index (χ1n) is 9.38. The highest BCUT2D eigenvalue weighted by Crippen LogP contribution is 2.29. The molecular formula is C20H26N6O2. The molecule has 28 heavy (non-hydrogen) atoms. The predicted octanol–water partition coefficient (Wildman–Crippen LogP) is 2.00. The normalized spacial score (nSPS) is 19.3. The third kappa shape index (κ3) is 3.48. The lowest BCUT2D eigenvalue weighted by molar-refractivity contribution is 0.0966. The van der Waals surface area contributed by atoms with E-state index < -0.39 is 0 Å². The Kier molecular flexibility index (Phi) is 5.31. The summed E-state index contributed by atoms with van der Waals surface area (Å²) in [4.78, 5) is 14.2. The van der Waals surface area contributed by atoms with Crippen LogP contribution in [0.1, 0.15) is 5.56 Å². The fourth-order valence-corrected chi connectivity index (χ4v) is 3.81. The Balaban J connectivity index is 1.48. The number of rotatable bonds is 7. The van der Waals surface area contributed by atoms with Gasteiger partial charge < -0.3 is 30.0 Å². The van der Waals surface area contributed by atoms with Gasteiger partial charge in [-0.25, -0.2) is 4.98 Å². The summed E-state index contributed by atoms with van der Waals surface area (Å²) in [6.45, 7) is 2.30. The van der Waals surface area contributed by atoms with Crippen molar-refractivity contribution in [2.75, 3.05) is 44.6 Å². The van der Waals surface area contributed by atoms with Gasteiger partial charge in [0, 0.05) is 62.7 Å². The van der Waals surface area contributed by atoms with Gasteiger partial charge in [-0.1, -0.05) is 6.07 Å². The summed E-state index contributed by atoms with van der Waals surface area (Å²) in [5.41, 5.74) is 2.20. The lowest BCUT2D eigenvalue weighted by Crippen LogP contribution is -2.39. The van der Waals surface area contributed by atoms with Crippen LogP contribution in [-0.2, 0) is 11.3 Å². The van der Waals surface area contributed by atoms with Gasteiger partial charge in [0.1, 0.15) is 11.6 Å². The highest BCUT2D eigenvalue weighted by atomic mass is 16.5. The number of hydrogen-bond donors (Lipinski definition) is 3. The van der Waals surface area contributed by atoms with Gasteiger partial charge >= 0.3 is 0 Å². The maximum atomic E-state index is 5.74. The van der Waals surface area contributed by atoms with Crippen molar-refractivity contribution in [3.05, 3.63) is 42.2 Å². The molecule has 2 atom stereocenters. The predicted molar refractivity (Wildman–Crippen MR) is 110 cm³/mol. The minimum atomic E-state index is 0.0787. The number of fused-ring (bicyclic) bond motifs is 1. The fraction of sp³-hybridized carbons (Fsp3) is 0.400. The minimum absolute atomic E-state index is 0.0787. The van der Waals surface area contributed by atoms with E-state index in [2.05, 4.69) is 42.6 Å². The monoisotopic (exact) mass is 382 g/mol. The molecule has 8 heteroatoms. The molecule has 3 heterocycles. The summed E-state index contributed by atoms with van der Waals surface area (Å²) in [6.07, 6.45) is 3.78. The number of methoxy groups -OCH3 is 2. The Morgan fingerprint density at radius 3 is 2.89 bits per heavy atom. The van der Waals surface area contributed by atoms with Crippen molar-refractivity contribution in [3.8, 4) is 5.75 Å². The molecule has 1 aliphatic heterocycles. The van der Waals surface area contributed by atoms with E-state index in [1.165, 1.54) is 0 Å². The number of ether oxygens (including phenoxy) is 2. The quantitative estimate of drug-likeness (QED) is 0.576. The van der Waals surface area contributed by atoms with Crippen molar-refractivity contribution in [2.24, 2.45) is 0 Å². The minimum Gasteiger partial charge on any atom is -0.496 e. The van der Waals surface area contributed by atoms with Crippen molar-refractivity contribution in [1.82, 2.24) is 20.3 Å². The molecule has 1 aliphatic rings. The SMILES string of the molecule is CNc1nccc(N2C[C@H](OC)[C@H](NCc3ccc4[nH]ccc4c3OC)C2)n1. The third-order valence-corrected chi connectivity index (χ3v) is 5.28. The number of benzene rings is 1. The van der Waals surface area contributed by atoms with E-state index in [0.29, 0.717) is 12.5 Å². The van der Waals surface area contributed by atoms with Crippen LogP contribution in [-0.4, -0.2) is 61.5 Å². The molecule has 0 radical (unpaired) electrons. The summed E-state index contributed by atoms with van der Waals surface area (Å²) >= 11 is 0. The first-order chi connectivity index (χ1) is 13.7. The van der Waals surface area contributed by atoms with Gasteiger partial charge in [0.2, 0.25) is 5.95 Å². The third-order valence-electron chi connectivity index (χ3n) is 5.28. The lowest BCUT2D eigenvalue weighted by atomic mass is 10.1. The Hall–Kier alpha value is -2.84. The number of anilines is 2. The van der Waals surface area contributed by atoms with Crippen molar-refractivity contribution in [3.63, 3.8) is 0 Å². The standard InChI is InChI=1S/C20H26N6O2/c1-21-20-23-9-7-18(25-20)26-11-16(17(12-26)27-2)24-10-13-4-5-15-14(6-8-22-15)19(13)28-3/h4-9,16-17,22,24H,10-12H2,1-3H3,(H,21,23,25)/t16-,17+/m1/s1. The van der Waals surface area contributed by atoms with Crippen molar-refractivity contribution in [2.45, 2.75) is 18.7 Å². The van der Waals surface area contributed by atoms with E-state index in [4.69, 9.17) is 9.47 Å². The number of hydrogen-bond acceptors (Lipinski definition) is 7. The zero-order valence-corrected chi connectivity index (χ0v) is 16.4. The molecule has 0 amide bonds. The maximum absolute atomic E-state index is 5.74. The molecule has 3 aromatic rings. The molecule has 148 valence electrons. The molecule has 8 nitrogen and oxygen atoms in total. The molecule has 0 aliphatic carbocycles. The van der Waals surface area contributed by atoms with Crippen LogP contribution in [0.2, 0.25) is 0 Å². The summed E-state index contributed by atoms with van der Waals surface area (Å²) in [6, 6.07) is 8.34. The van der Waals surface area contributed by atoms with E-state index >= 15 is 0 Å². The second-order valence-corrected chi connectivity index (χ2v) is 6.85. The first kappa shape index (κ1) is 18.5. The molecule has 0 saturated carbocycles. The van der Waals surface area contributed by atoms with Gasteiger partial charge in [0.05, 0.1) is 19.3 Å². The largest absolute Gasteiger partial charge is 0.496 e. The molecule has 1 aromatic carbocycles. The van der Waals surface area contributed by atoms with E-state index in [9.17, 15) is 0 Å². The molecule has 1 saturated heterocycles. The number of aromatic amines is 1. The van der Waals surface area contributed by atoms with Gasteiger partial charge in [0.25, 0.3) is 0 Å². The summed E-state index contributed by atoms with van der Waals surface area (Å²) in [5.74, 6) is 2.42. The van der Waals surface area contributed by atoms with Crippen molar-refractivity contribution >= 4 is 22.7 Å². The van der Waals surface area contributed by atoms with Crippen LogP contribution < -0.4 is 20.3 Å². The van der Waals surface area contributed by atoms with Crippen molar-refractivity contribution in [1.29, 1.82) is 0 Å². The highest BCUT2D eigenvalue weighted by molar-refractivity contribution is 5.87. The average molecular weight is 382 g/mol. The highest BCUT2D eigenvalue weighted by Gasteiger charge is 2.33. The van der Waals surface area contributed by atoms with Gasteiger partial charge in [-0.15, -0.1) is 0 Å². The summed E-state index contributed by atoms with van der Waals surface area (Å²) < 4.78 is 11.4. The molecule has 0 bridgehead atoms. The molecule has 0 spiro atoms. The second-order valence-electron chi connectivity index (χ2n) is 6.85. The summed E-state index contributed by atoms with van der Waals surface area (Å²) in [5, 5.41) is 7.73. The van der Waals surface area contributed by atoms with Crippen LogP contribution in [0.5, 0.6) is 5.75 Å². The molecule has 2 aromatic heterocycles. The molecular weight excluding hydrogens is 356 g/mol. The number of aromatic nitrogens is 3. The van der Waals surface area contributed by atoms with Crippen molar-refractivity contribution < 1.29 is 9.47 Å². The van der Waals surface area contributed by atoms with E-state index in [0.717, 1.165) is 41.1 Å². The van der Waals surface area contributed by atoms with Crippen LogP contribution in [0.4, 0.5) is 11.8 Å². The van der Waals surface area contributed by atoms with Crippen LogP contribution >= 0.6 is 0 Å². The average Bonchev–Trinajstić information content (AvgIpc) is 3.38. The number of H-pyrrole nitrogens is 1. The topological polar surface area (TPSA) is 87.3 Å². The fourth-order valence-electron chi connectivity index (χ4n) is 3.81. The Morgan fingerprint density at radius 1 is 1.21 bits per heavy atom. The first-order valence-corrected chi connectivity index (χ1v) is 9.38. The Labute approximate surface area is 164 Å². The van der Waals surface area contributed by atoms with Crippen LogP contribution in [0.15, 0.2) is 36.7 Å². The summed E-state index contributed by atoms with van der Waals surface area (Å²) in [7, 11) is 5.30. The van der Waals surface area contributed by atoms with E-state index in [1.807, 2.05) is 25.4 Å². The molecule has 0 unspecified atom stereocenters. The lowest BCUT2D eigenvalue weighted by Gasteiger charge is -2.19. The van der Waals surface area contributed by atoms with Gasteiger partial charge in [-0.3, -0.25) is 0 Å². The van der Waals surface area contributed by atoms with Crippen LogP contribution in [0.25, 0.3) is 10.9 Å². The van der Waals surface area contributed by atoms with Gasteiger partial charge in [0.15, 0.2) is 0 Å². The molecule has 1 fully saturated rings.